The van der Waals surface area contributed by atoms with Crippen molar-refractivity contribution in [3.8, 4) is 0 Å². The van der Waals surface area contributed by atoms with E-state index in [1.807, 2.05) is 0 Å². The van der Waals surface area contributed by atoms with Crippen LogP contribution < -0.4 is 0 Å². The first-order chi connectivity index (χ1) is 9.95. The van der Waals surface area contributed by atoms with Crippen molar-refractivity contribution in [3.63, 3.8) is 0 Å². The number of hydrogen-bond acceptors (Lipinski definition) is 0. The molecule has 0 nitrogen and oxygen atoms in total. The molecule has 0 saturated carbocycles. The summed E-state index contributed by atoms with van der Waals surface area (Å²) >= 11 is 0. The summed E-state index contributed by atoms with van der Waals surface area (Å²) < 4.78 is 0. The van der Waals surface area contributed by atoms with Gasteiger partial charge in [-0.15, -0.1) is 0 Å². The van der Waals surface area contributed by atoms with Crippen molar-refractivity contribution < 1.29 is 0 Å². The van der Waals surface area contributed by atoms with Gasteiger partial charge in [0.05, 0.1) is 0 Å². The second kappa shape index (κ2) is 9.36. The van der Waals surface area contributed by atoms with Crippen LogP contribution in [0.3, 0.4) is 0 Å². The SMILES string of the molecule is [CH](CCCCCCc1ccccc1)Cc1ccccc1. The van der Waals surface area contributed by atoms with E-state index in [1.165, 1.54) is 49.7 Å². The number of aryl methyl sites for hydroxylation is 1. The topological polar surface area (TPSA) is 0 Å². The normalized spacial score (nSPS) is 10.6. The van der Waals surface area contributed by atoms with Crippen molar-refractivity contribution in [2.45, 2.75) is 44.9 Å². The molecule has 2 rings (SSSR count). The molecule has 0 fully saturated rings. The van der Waals surface area contributed by atoms with Crippen LogP contribution in [0.25, 0.3) is 0 Å². The quantitative estimate of drug-likeness (QED) is 0.516. The lowest BCUT2D eigenvalue weighted by Crippen LogP contribution is -1.88. The third-order valence-electron chi connectivity index (χ3n) is 3.69. The zero-order valence-electron chi connectivity index (χ0n) is 12.3. The van der Waals surface area contributed by atoms with Gasteiger partial charge in [0.1, 0.15) is 0 Å². The van der Waals surface area contributed by atoms with Crippen molar-refractivity contribution in [3.05, 3.63) is 78.2 Å². The fourth-order valence-corrected chi connectivity index (χ4v) is 2.50. The summed E-state index contributed by atoms with van der Waals surface area (Å²) in [6.07, 6.45) is 11.4. The first-order valence-electron chi connectivity index (χ1n) is 7.84. The Kier molecular flexibility index (Phi) is 6.95. The molecule has 0 aliphatic rings. The highest BCUT2D eigenvalue weighted by molar-refractivity contribution is 5.16. The van der Waals surface area contributed by atoms with Gasteiger partial charge in [0.25, 0.3) is 0 Å². The zero-order chi connectivity index (χ0) is 13.9. The van der Waals surface area contributed by atoms with Crippen LogP contribution in [0.5, 0.6) is 0 Å². The zero-order valence-corrected chi connectivity index (χ0v) is 12.3. The van der Waals surface area contributed by atoms with E-state index in [4.69, 9.17) is 0 Å². The van der Waals surface area contributed by atoms with Gasteiger partial charge in [-0.3, -0.25) is 0 Å². The summed E-state index contributed by atoms with van der Waals surface area (Å²) in [5.74, 6) is 0. The highest BCUT2D eigenvalue weighted by atomic mass is 14.0. The molecule has 2 aromatic rings. The van der Waals surface area contributed by atoms with E-state index in [-0.39, 0.29) is 0 Å². The van der Waals surface area contributed by atoms with Gasteiger partial charge in [0, 0.05) is 0 Å². The van der Waals surface area contributed by atoms with E-state index in [0.29, 0.717) is 0 Å². The van der Waals surface area contributed by atoms with Crippen LogP contribution in [0.15, 0.2) is 60.7 Å². The summed E-state index contributed by atoms with van der Waals surface area (Å²) in [5, 5.41) is 0. The molecule has 0 atom stereocenters. The van der Waals surface area contributed by atoms with E-state index >= 15 is 0 Å². The van der Waals surface area contributed by atoms with E-state index in [0.717, 1.165) is 6.42 Å². The molecule has 105 valence electrons. The Labute approximate surface area is 123 Å². The van der Waals surface area contributed by atoms with Crippen molar-refractivity contribution >= 4 is 0 Å². The molecule has 0 bridgehead atoms. The summed E-state index contributed by atoms with van der Waals surface area (Å²) in [7, 11) is 0. The Morgan fingerprint density at radius 1 is 0.600 bits per heavy atom. The molecule has 0 saturated heterocycles. The second-order valence-electron chi connectivity index (χ2n) is 5.42. The Balaban J connectivity index is 1.44. The molecule has 0 aliphatic carbocycles. The fourth-order valence-electron chi connectivity index (χ4n) is 2.50. The highest BCUT2D eigenvalue weighted by Gasteiger charge is 1.95. The van der Waals surface area contributed by atoms with Crippen molar-refractivity contribution in [2.75, 3.05) is 0 Å². The molecule has 0 aliphatic heterocycles. The average molecular weight is 265 g/mol. The predicted molar refractivity (Wildman–Crippen MR) is 87.7 cm³/mol. The standard InChI is InChI=1S/C20H25/c1(3-7-13-19-15-9-5-10-16-19)2-4-8-14-20-17-11-6-12-18-20/h5-7,9-12,15-18H,1-4,8,13-14H2. The molecule has 0 unspecified atom stereocenters. The maximum absolute atomic E-state index is 2.42. The third-order valence-corrected chi connectivity index (χ3v) is 3.69. The number of benzene rings is 2. The Morgan fingerprint density at radius 2 is 1.20 bits per heavy atom. The number of hydrogen-bond donors (Lipinski definition) is 0. The van der Waals surface area contributed by atoms with Crippen LogP contribution in [0, 0.1) is 6.42 Å². The lowest BCUT2D eigenvalue weighted by molar-refractivity contribution is 0.633. The largest absolute Gasteiger partial charge is 0.0622 e. The van der Waals surface area contributed by atoms with Gasteiger partial charge in [0.15, 0.2) is 0 Å². The van der Waals surface area contributed by atoms with Crippen LogP contribution >= 0.6 is 0 Å². The van der Waals surface area contributed by atoms with Gasteiger partial charge in [-0.05, 0) is 43.2 Å². The molecule has 20 heavy (non-hydrogen) atoms. The van der Waals surface area contributed by atoms with Crippen LogP contribution in [-0.4, -0.2) is 0 Å². The molecular weight excluding hydrogens is 240 g/mol. The van der Waals surface area contributed by atoms with Gasteiger partial charge < -0.3 is 0 Å². The first kappa shape index (κ1) is 14.8. The molecule has 0 spiro atoms. The van der Waals surface area contributed by atoms with Gasteiger partial charge in [-0.25, -0.2) is 0 Å². The minimum Gasteiger partial charge on any atom is -0.0622 e. The fraction of sp³-hybridized carbons (Fsp3) is 0.350. The highest BCUT2D eigenvalue weighted by Crippen LogP contribution is 2.11. The minimum atomic E-state index is 1.12. The van der Waals surface area contributed by atoms with Crippen molar-refractivity contribution in [1.82, 2.24) is 0 Å². The van der Waals surface area contributed by atoms with Crippen molar-refractivity contribution in [2.24, 2.45) is 0 Å². The molecule has 2 aromatic carbocycles. The van der Waals surface area contributed by atoms with E-state index in [1.54, 1.807) is 0 Å². The molecule has 0 aromatic heterocycles. The van der Waals surface area contributed by atoms with Crippen LogP contribution in [-0.2, 0) is 12.8 Å². The third kappa shape index (κ3) is 6.06. The number of unbranched alkanes of at least 4 members (excludes halogenated alkanes) is 5. The molecule has 0 heterocycles. The molecular formula is C20H25. The molecule has 0 N–H and O–H groups in total. The van der Waals surface area contributed by atoms with Crippen molar-refractivity contribution in [1.29, 1.82) is 0 Å². The maximum Gasteiger partial charge on any atom is -0.0248 e. The lowest BCUT2D eigenvalue weighted by atomic mass is 10.0. The Morgan fingerprint density at radius 3 is 1.90 bits per heavy atom. The van der Waals surface area contributed by atoms with E-state index < -0.39 is 0 Å². The predicted octanol–water partition coefficient (Wildman–Crippen LogP) is 5.63. The van der Waals surface area contributed by atoms with Gasteiger partial charge in [-0.1, -0.05) is 79.9 Å². The van der Waals surface area contributed by atoms with Gasteiger partial charge in [-0.2, -0.15) is 0 Å². The van der Waals surface area contributed by atoms with Crippen LogP contribution in [0.1, 0.15) is 43.2 Å². The minimum absolute atomic E-state index is 1.12. The summed E-state index contributed by atoms with van der Waals surface area (Å²) in [6.45, 7) is 0. The monoisotopic (exact) mass is 265 g/mol. The van der Waals surface area contributed by atoms with Crippen LogP contribution in [0.4, 0.5) is 0 Å². The molecule has 0 heteroatoms. The summed E-state index contributed by atoms with van der Waals surface area (Å²) in [4.78, 5) is 0. The average Bonchev–Trinajstić information content (AvgIpc) is 2.52. The van der Waals surface area contributed by atoms with E-state index in [2.05, 4.69) is 67.1 Å². The summed E-state index contributed by atoms with van der Waals surface area (Å²) in [6, 6.07) is 21.5. The van der Waals surface area contributed by atoms with Gasteiger partial charge in [0.2, 0.25) is 0 Å². The Hall–Kier alpha value is -1.56. The van der Waals surface area contributed by atoms with E-state index in [9.17, 15) is 0 Å². The van der Waals surface area contributed by atoms with Crippen LogP contribution in [0.2, 0.25) is 0 Å². The molecule has 1 radical (unpaired) electrons. The second-order valence-corrected chi connectivity index (χ2v) is 5.42. The lowest BCUT2D eigenvalue weighted by Gasteiger charge is -2.03. The smallest absolute Gasteiger partial charge is 0.0248 e. The Bertz CT molecular complexity index is 398. The maximum atomic E-state index is 2.42. The molecule has 0 amide bonds. The summed E-state index contributed by atoms with van der Waals surface area (Å²) in [5.41, 5.74) is 2.90. The van der Waals surface area contributed by atoms with Gasteiger partial charge >= 0.3 is 0 Å². The number of rotatable bonds is 9. The first-order valence-corrected chi connectivity index (χ1v) is 7.84.